The van der Waals surface area contributed by atoms with Crippen LogP contribution in [0.3, 0.4) is 0 Å². The number of rotatable bonds is 7. The second-order valence-corrected chi connectivity index (χ2v) is 6.56. The van der Waals surface area contributed by atoms with E-state index in [1.807, 2.05) is 42.5 Å². The third kappa shape index (κ3) is 4.93. The molecule has 0 bridgehead atoms. The average Bonchev–Trinajstić information content (AvgIpc) is 2.67. The van der Waals surface area contributed by atoms with Gasteiger partial charge in [-0.1, -0.05) is 47.5 Å². The minimum absolute atomic E-state index is 0.513. The van der Waals surface area contributed by atoms with E-state index in [0.29, 0.717) is 13.2 Å². The molecule has 0 atom stereocenters. The Labute approximate surface area is 159 Å². The lowest BCUT2D eigenvalue weighted by Gasteiger charge is -2.13. The highest BCUT2D eigenvalue weighted by molar-refractivity contribution is 6.30. The molecule has 0 saturated carbocycles. The molecule has 0 unspecified atom stereocenters. The number of hydrogen-bond donors (Lipinski definition) is 1. The van der Waals surface area contributed by atoms with Crippen molar-refractivity contribution in [3.8, 4) is 11.5 Å². The predicted octanol–water partition coefficient (Wildman–Crippen LogP) is 5.85. The van der Waals surface area contributed by atoms with Crippen molar-refractivity contribution >= 4 is 17.3 Å². The number of hydrogen-bond acceptors (Lipinski definition) is 3. The molecule has 3 nitrogen and oxygen atoms in total. The summed E-state index contributed by atoms with van der Waals surface area (Å²) in [6, 6.07) is 22.0. The molecule has 0 aromatic heterocycles. The first-order valence-electron chi connectivity index (χ1n) is 8.49. The number of anilines is 1. The van der Waals surface area contributed by atoms with Crippen LogP contribution in [0.4, 0.5) is 5.69 Å². The Morgan fingerprint density at radius 1 is 0.846 bits per heavy atom. The van der Waals surface area contributed by atoms with E-state index in [1.165, 1.54) is 5.56 Å². The Morgan fingerprint density at radius 3 is 2.23 bits per heavy atom. The van der Waals surface area contributed by atoms with Gasteiger partial charge in [0.1, 0.15) is 6.61 Å². The van der Waals surface area contributed by atoms with Crippen LogP contribution >= 0.6 is 11.6 Å². The van der Waals surface area contributed by atoms with E-state index in [4.69, 9.17) is 21.1 Å². The SMILES string of the molecule is COc1cc(CNc2ccc(Cl)cc2)ccc1OCc1ccc(C)cc1. The van der Waals surface area contributed by atoms with Crippen molar-refractivity contribution in [1.82, 2.24) is 0 Å². The van der Waals surface area contributed by atoms with E-state index < -0.39 is 0 Å². The van der Waals surface area contributed by atoms with Gasteiger partial charge in [-0.3, -0.25) is 0 Å². The summed E-state index contributed by atoms with van der Waals surface area (Å²) < 4.78 is 11.4. The third-order valence-corrected chi connectivity index (χ3v) is 4.34. The van der Waals surface area contributed by atoms with Crippen molar-refractivity contribution in [3.05, 3.63) is 88.4 Å². The fourth-order valence-corrected chi connectivity index (χ4v) is 2.68. The van der Waals surface area contributed by atoms with E-state index in [1.54, 1.807) is 7.11 Å². The van der Waals surface area contributed by atoms with Gasteiger partial charge in [0.15, 0.2) is 11.5 Å². The lowest BCUT2D eigenvalue weighted by atomic mass is 10.1. The summed E-state index contributed by atoms with van der Waals surface area (Å²) in [4.78, 5) is 0. The fourth-order valence-electron chi connectivity index (χ4n) is 2.56. The lowest BCUT2D eigenvalue weighted by molar-refractivity contribution is 0.284. The number of halogens is 1. The van der Waals surface area contributed by atoms with Crippen molar-refractivity contribution in [1.29, 1.82) is 0 Å². The molecule has 3 rings (SSSR count). The number of benzene rings is 3. The highest BCUT2D eigenvalue weighted by atomic mass is 35.5. The van der Waals surface area contributed by atoms with Crippen molar-refractivity contribution in [2.45, 2.75) is 20.1 Å². The van der Waals surface area contributed by atoms with Gasteiger partial charge < -0.3 is 14.8 Å². The molecular weight excluding hydrogens is 346 g/mol. The Morgan fingerprint density at radius 2 is 1.54 bits per heavy atom. The number of ether oxygens (including phenoxy) is 2. The van der Waals surface area contributed by atoms with Gasteiger partial charge in [0.25, 0.3) is 0 Å². The number of nitrogens with one attached hydrogen (secondary N) is 1. The Kier molecular flexibility index (Phi) is 6.03. The van der Waals surface area contributed by atoms with Gasteiger partial charge in [-0.25, -0.2) is 0 Å². The van der Waals surface area contributed by atoms with Gasteiger partial charge in [0.05, 0.1) is 7.11 Å². The van der Waals surface area contributed by atoms with Crippen molar-refractivity contribution < 1.29 is 9.47 Å². The van der Waals surface area contributed by atoms with Crippen LogP contribution in [0.2, 0.25) is 5.02 Å². The van der Waals surface area contributed by atoms with Gasteiger partial charge in [-0.2, -0.15) is 0 Å². The molecule has 0 spiro atoms. The second kappa shape index (κ2) is 8.63. The molecule has 134 valence electrons. The summed E-state index contributed by atoms with van der Waals surface area (Å²) in [5, 5.41) is 4.10. The monoisotopic (exact) mass is 367 g/mol. The summed E-state index contributed by atoms with van der Waals surface area (Å²) in [5.74, 6) is 1.47. The van der Waals surface area contributed by atoms with Crippen LogP contribution in [0.15, 0.2) is 66.7 Å². The van der Waals surface area contributed by atoms with Crippen LogP contribution in [0.25, 0.3) is 0 Å². The Balaban J connectivity index is 1.63. The molecule has 0 aliphatic heterocycles. The molecule has 3 aromatic carbocycles. The highest BCUT2D eigenvalue weighted by Crippen LogP contribution is 2.29. The molecule has 0 aliphatic rings. The smallest absolute Gasteiger partial charge is 0.161 e. The molecule has 0 aliphatic carbocycles. The average molecular weight is 368 g/mol. The Hall–Kier alpha value is -2.65. The van der Waals surface area contributed by atoms with Crippen LogP contribution in [-0.4, -0.2) is 7.11 Å². The van der Waals surface area contributed by atoms with Crippen LogP contribution in [0.1, 0.15) is 16.7 Å². The van der Waals surface area contributed by atoms with Crippen molar-refractivity contribution in [3.63, 3.8) is 0 Å². The number of methoxy groups -OCH3 is 1. The number of aryl methyl sites for hydroxylation is 1. The maximum absolute atomic E-state index is 5.92. The molecule has 26 heavy (non-hydrogen) atoms. The molecule has 3 aromatic rings. The molecule has 0 radical (unpaired) electrons. The highest BCUT2D eigenvalue weighted by Gasteiger charge is 2.06. The van der Waals surface area contributed by atoms with Gasteiger partial charge >= 0.3 is 0 Å². The molecule has 0 saturated heterocycles. The summed E-state index contributed by atoms with van der Waals surface area (Å²) in [6.07, 6.45) is 0. The summed E-state index contributed by atoms with van der Waals surface area (Å²) in [7, 11) is 1.66. The maximum atomic E-state index is 5.92. The van der Waals surface area contributed by atoms with Crippen LogP contribution in [0, 0.1) is 6.92 Å². The molecule has 4 heteroatoms. The third-order valence-electron chi connectivity index (χ3n) is 4.08. The standard InChI is InChI=1S/C22H22ClNO2/c1-16-3-5-17(6-4-16)15-26-21-12-7-18(13-22(21)25-2)14-24-20-10-8-19(23)9-11-20/h3-13,24H,14-15H2,1-2H3. The van der Waals surface area contributed by atoms with Gasteiger partial charge in [-0.15, -0.1) is 0 Å². The zero-order valence-corrected chi connectivity index (χ0v) is 15.7. The fraction of sp³-hybridized carbons (Fsp3) is 0.182. The van der Waals surface area contributed by atoms with E-state index in [0.717, 1.165) is 33.3 Å². The van der Waals surface area contributed by atoms with E-state index in [9.17, 15) is 0 Å². The quantitative estimate of drug-likeness (QED) is 0.568. The first-order valence-corrected chi connectivity index (χ1v) is 8.86. The van der Waals surface area contributed by atoms with Gasteiger partial charge in [0, 0.05) is 17.3 Å². The minimum atomic E-state index is 0.513. The topological polar surface area (TPSA) is 30.5 Å². The molecule has 0 amide bonds. The zero-order valence-electron chi connectivity index (χ0n) is 15.0. The first kappa shape index (κ1) is 18.2. The lowest BCUT2D eigenvalue weighted by Crippen LogP contribution is -2.01. The molecule has 0 heterocycles. The van der Waals surface area contributed by atoms with Crippen LogP contribution < -0.4 is 14.8 Å². The second-order valence-electron chi connectivity index (χ2n) is 6.12. The summed E-state index contributed by atoms with van der Waals surface area (Å²) in [5.41, 5.74) is 4.50. The normalized spacial score (nSPS) is 10.4. The predicted molar refractivity (Wildman–Crippen MR) is 107 cm³/mol. The molecular formula is C22H22ClNO2. The minimum Gasteiger partial charge on any atom is -0.493 e. The molecule has 1 N–H and O–H groups in total. The largest absolute Gasteiger partial charge is 0.493 e. The Bertz CT molecular complexity index is 845. The van der Waals surface area contributed by atoms with E-state index in [2.05, 4.69) is 36.5 Å². The van der Waals surface area contributed by atoms with E-state index in [-0.39, 0.29) is 0 Å². The van der Waals surface area contributed by atoms with Gasteiger partial charge in [0.2, 0.25) is 0 Å². The van der Waals surface area contributed by atoms with Crippen molar-refractivity contribution in [2.24, 2.45) is 0 Å². The maximum Gasteiger partial charge on any atom is 0.161 e. The summed E-state index contributed by atoms with van der Waals surface area (Å²) in [6.45, 7) is 3.28. The van der Waals surface area contributed by atoms with Crippen LogP contribution in [0.5, 0.6) is 11.5 Å². The molecule has 0 fully saturated rings. The first-order chi connectivity index (χ1) is 12.6. The zero-order chi connectivity index (χ0) is 18.4. The van der Waals surface area contributed by atoms with Crippen molar-refractivity contribution in [2.75, 3.05) is 12.4 Å². The van der Waals surface area contributed by atoms with Gasteiger partial charge in [-0.05, 0) is 54.4 Å². The van der Waals surface area contributed by atoms with E-state index >= 15 is 0 Å². The van der Waals surface area contributed by atoms with Crippen LogP contribution in [-0.2, 0) is 13.2 Å². The summed E-state index contributed by atoms with van der Waals surface area (Å²) >= 11 is 5.91.